The number of carbonyl (C=O) groups is 1. The van der Waals surface area contributed by atoms with Crippen LogP contribution in [0.1, 0.15) is 38.7 Å². The van der Waals surface area contributed by atoms with Gasteiger partial charge < -0.3 is 15.4 Å². The summed E-state index contributed by atoms with van der Waals surface area (Å²) in [7, 11) is 0. The van der Waals surface area contributed by atoms with Crippen molar-refractivity contribution in [3.8, 4) is 5.75 Å². The van der Waals surface area contributed by atoms with Gasteiger partial charge in [0.1, 0.15) is 5.82 Å². The molecule has 6 heteroatoms. The van der Waals surface area contributed by atoms with E-state index in [0.717, 1.165) is 25.3 Å². The second-order valence-corrected chi connectivity index (χ2v) is 7.04. The molecule has 0 spiro atoms. The van der Waals surface area contributed by atoms with Gasteiger partial charge in [-0.15, -0.1) is 0 Å². The number of urea groups is 1. The van der Waals surface area contributed by atoms with Crippen LogP contribution in [0.25, 0.3) is 0 Å². The Bertz CT molecular complexity index is 638. The normalized spacial score (nSPS) is 28.3. The van der Waals surface area contributed by atoms with Gasteiger partial charge in [-0.05, 0) is 44.2 Å². The highest BCUT2D eigenvalue weighted by Crippen LogP contribution is 2.52. The Morgan fingerprint density at radius 3 is 2.83 bits per heavy atom. The molecule has 2 N–H and O–H groups in total. The molecule has 1 aliphatic carbocycles. The molecule has 3 atom stereocenters. The van der Waals surface area contributed by atoms with Crippen molar-refractivity contribution in [2.24, 2.45) is 11.8 Å². The molecule has 0 saturated heterocycles. The first-order valence-electron chi connectivity index (χ1n) is 8.58. The fourth-order valence-corrected chi connectivity index (χ4v) is 4.11. The average Bonchev–Trinajstić information content (AvgIpc) is 2.56. The first kappa shape index (κ1) is 17.0. The van der Waals surface area contributed by atoms with Gasteiger partial charge in [-0.25, -0.2) is 13.6 Å². The zero-order valence-electron chi connectivity index (χ0n) is 14.1. The second-order valence-electron chi connectivity index (χ2n) is 7.04. The summed E-state index contributed by atoms with van der Waals surface area (Å²) < 4.78 is 34.0. The van der Waals surface area contributed by atoms with Crippen molar-refractivity contribution in [2.75, 3.05) is 19.7 Å². The number of halogens is 2. The van der Waals surface area contributed by atoms with Crippen LogP contribution in [0.5, 0.6) is 5.75 Å². The predicted molar refractivity (Wildman–Crippen MR) is 87.1 cm³/mol. The van der Waals surface area contributed by atoms with Crippen LogP contribution in [0, 0.1) is 23.5 Å². The average molecular weight is 338 g/mol. The fourth-order valence-electron chi connectivity index (χ4n) is 4.11. The van der Waals surface area contributed by atoms with Gasteiger partial charge in [0, 0.05) is 30.0 Å². The van der Waals surface area contributed by atoms with E-state index in [2.05, 4.69) is 10.6 Å². The van der Waals surface area contributed by atoms with Crippen LogP contribution in [0.3, 0.4) is 0 Å². The maximum absolute atomic E-state index is 14.4. The Hall–Kier alpha value is -1.85. The molecule has 1 saturated carbocycles. The molecule has 2 amide bonds. The summed E-state index contributed by atoms with van der Waals surface area (Å²) in [5, 5.41) is 5.59. The highest BCUT2D eigenvalue weighted by molar-refractivity contribution is 5.73. The number of benzene rings is 1. The molecule has 0 radical (unpaired) electrons. The molecule has 1 aromatic carbocycles. The zero-order valence-corrected chi connectivity index (χ0v) is 14.1. The number of fused-ring (bicyclic) bond motifs is 3. The summed E-state index contributed by atoms with van der Waals surface area (Å²) in [6.07, 6.45) is 2.46. The molecule has 4 nitrogen and oxygen atoms in total. The van der Waals surface area contributed by atoms with Crippen molar-refractivity contribution >= 4 is 6.03 Å². The van der Waals surface area contributed by atoms with E-state index in [1.807, 2.05) is 13.8 Å². The van der Waals surface area contributed by atoms with E-state index in [0.29, 0.717) is 31.2 Å². The van der Waals surface area contributed by atoms with Gasteiger partial charge in [-0.3, -0.25) is 0 Å². The van der Waals surface area contributed by atoms with Crippen LogP contribution < -0.4 is 15.4 Å². The lowest BCUT2D eigenvalue weighted by Crippen LogP contribution is -2.47. The summed E-state index contributed by atoms with van der Waals surface area (Å²) >= 11 is 0. The lowest BCUT2D eigenvalue weighted by Gasteiger charge is -2.48. The van der Waals surface area contributed by atoms with Crippen LogP contribution >= 0.6 is 0 Å². The number of hydrogen-bond acceptors (Lipinski definition) is 2. The van der Waals surface area contributed by atoms with Crippen molar-refractivity contribution < 1.29 is 18.3 Å². The third-order valence-electron chi connectivity index (χ3n) is 5.54. The van der Waals surface area contributed by atoms with Gasteiger partial charge in [-0.1, -0.05) is 6.92 Å². The van der Waals surface area contributed by atoms with E-state index in [-0.39, 0.29) is 17.7 Å². The number of ether oxygens (including phenoxy) is 1. The summed E-state index contributed by atoms with van der Waals surface area (Å²) in [4.78, 5) is 11.5. The van der Waals surface area contributed by atoms with Crippen molar-refractivity contribution in [3.05, 3.63) is 29.3 Å². The Morgan fingerprint density at radius 2 is 2.08 bits per heavy atom. The molecule has 0 aromatic heterocycles. The van der Waals surface area contributed by atoms with Crippen LogP contribution in [0.15, 0.2) is 12.1 Å². The molecule has 132 valence electrons. The molecular formula is C18H24F2N2O2. The molecule has 0 bridgehead atoms. The van der Waals surface area contributed by atoms with E-state index in [4.69, 9.17) is 4.74 Å². The van der Waals surface area contributed by atoms with Crippen molar-refractivity contribution in [3.63, 3.8) is 0 Å². The van der Waals surface area contributed by atoms with Crippen LogP contribution in [0.2, 0.25) is 0 Å². The third kappa shape index (κ3) is 2.94. The van der Waals surface area contributed by atoms with Crippen LogP contribution in [-0.2, 0) is 5.41 Å². The minimum absolute atomic E-state index is 0.0765. The maximum Gasteiger partial charge on any atom is 0.314 e. The van der Waals surface area contributed by atoms with E-state index in [1.165, 1.54) is 6.07 Å². The van der Waals surface area contributed by atoms with Crippen molar-refractivity contribution in [1.82, 2.24) is 10.6 Å². The number of rotatable bonds is 3. The highest BCUT2D eigenvalue weighted by atomic mass is 19.1. The Balaban J connectivity index is 1.74. The van der Waals surface area contributed by atoms with Gasteiger partial charge in [0.15, 0.2) is 11.6 Å². The molecule has 24 heavy (non-hydrogen) atoms. The molecule has 1 aromatic rings. The maximum atomic E-state index is 14.4. The van der Waals surface area contributed by atoms with Crippen molar-refractivity contribution in [2.45, 2.75) is 38.5 Å². The van der Waals surface area contributed by atoms with Gasteiger partial charge in [0.25, 0.3) is 0 Å². The number of nitrogens with one attached hydrogen (secondary N) is 2. The Labute approximate surface area is 141 Å². The molecule has 1 aliphatic heterocycles. The van der Waals surface area contributed by atoms with Gasteiger partial charge >= 0.3 is 6.03 Å². The SMILES string of the molecule is CCNC(=O)NC[C@@H]1CC[C@@]2(C)c3c(F)ccc(F)c3OCC2C1. The van der Waals surface area contributed by atoms with Crippen LogP contribution in [-0.4, -0.2) is 25.7 Å². The van der Waals surface area contributed by atoms with Gasteiger partial charge in [-0.2, -0.15) is 0 Å². The highest BCUT2D eigenvalue weighted by Gasteiger charge is 2.47. The van der Waals surface area contributed by atoms with Gasteiger partial charge in [0.05, 0.1) is 6.61 Å². The molecule has 1 fully saturated rings. The van der Waals surface area contributed by atoms with Crippen LogP contribution in [0.4, 0.5) is 13.6 Å². The molecule has 1 heterocycles. The van der Waals surface area contributed by atoms with E-state index in [1.54, 1.807) is 0 Å². The fraction of sp³-hybridized carbons (Fsp3) is 0.611. The molecule has 1 unspecified atom stereocenters. The first-order valence-corrected chi connectivity index (χ1v) is 8.58. The molecule has 2 aliphatic rings. The molecular weight excluding hydrogens is 314 g/mol. The largest absolute Gasteiger partial charge is 0.490 e. The van der Waals surface area contributed by atoms with E-state index < -0.39 is 17.0 Å². The second kappa shape index (κ2) is 6.57. The summed E-state index contributed by atoms with van der Waals surface area (Å²) in [6.45, 7) is 5.45. The Morgan fingerprint density at radius 1 is 1.33 bits per heavy atom. The first-order chi connectivity index (χ1) is 11.5. The predicted octanol–water partition coefficient (Wildman–Crippen LogP) is 3.35. The summed E-state index contributed by atoms with van der Waals surface area (Å²) in [5.41, 5.74) is -0.0315. The number of amides is 2. The number of hydrogen-bond donors (Lipinski definition) is 2. The summed E-state index contributed by atoms with van der Waals surface area (Å²) in [5.74, 6) is -0.361. The minimum atomic E-state index is -0.494. The zero-order chi connectivity index (χ0) is 17.3. The summed E-state index contributed by atoms with van der Waals surface area (Å²) in [6, 6.07) is 2.15. The molecule has 3 rings (SSSR count). The topological polar surface area (TPSA) is 50.4 Å². The smallest absolute Gasteiger partial charge is 0.314 e. The minimum Gasteiger partial charge on any atom is -0.490 e. The van der Waals surface area contributed by atoms with Gasteiger partial charge in [0.2, 0.25) is 0 Å². The quantitative estimate of drug-likeness (QED) is 0.888. The van der Waals surface area contributed by atoms with E-state index >= 15 is 0 Å². The Kier molecular flexibility index (Phi) is 4.65. The standard InChI is InChI=1S/C18H24F2N2O2/c1-3-21-17(23)22-9-11-6-7-18(2)12(8-11)10-24-16-14(20)5-4-13(19)15(16)18/h4-5,11-12H,3,6-10H2,1-2H3,(H2,21,22,23)/t11-,12?,18-/m1/s1. The lowest BCUT2D eigenvalue weighted by atomic mass is 9.60. The van der Waals surface area contributed by atoms with E-state index in [9.17, 15) is 13.6 Å². The monoisotopic (exact) mass is 338 g/mol. The number of carbonyl (C=O) groups excluding carboxylic acids is 1. The third-order valence-corrected chi connectivity index (χ3v) is 5.54. The van der Waals surface area contributed by atoms with Crippen molar-refractivity contribution in [1.29, 1.82) is 0 Å². The lowest BCUT2D eigenvalue weighted by molar-refractivity contribution is 0.0660.